The van der Waals surface area contributed by atoms with Crippen LogP contribution in [0.15, 0.2) is 16.6 Å². The molecular weight excluding hydrogens is 377 g/mol. The van der Waals surface area contributed by atoms with Crippen LogP contribution in [0.1, 0.15) is 13.3 Å². The summed E-state index contributed by atoms with van der Waals surface area (Å²) in [5.41, 5.74) is 0. The summed E-state index contributed by atoms with van der Waals surface area (Å²) in [5.74, 6) is 0.113. The molecule has 1 aromatic carbocycles. The molecule has 0 radical (unpaired) electrons. The quantitative estimate of drug-likeness (QED) is 0.756. The topological polar surface area (TPSA) is 69.4 Å². The predicted molar refractivity (Wildman–Crippen MR) is 81.4 cm³/mol. The van der Waals surface area contributed by atoms with Crippen LogP contribution in [0.2, 0.25) is 10.0 Å². The molecule has 0 fully saturated rings. The molecule has 0 amide bonds. The minimum Gasteiger partial charge on any atom is -0.492 e. The second-order valence-electron chi connectivity index (χ2n) is 4.11. The average Bonchev–Trinajstić information content (AvgIpc) is 2.28. The van der Waals surface area contributed by atoms with Crippen molar-refractivity contribution in [2.45, 2.75) is 13.3 Å². The number of benzene rings is 1. The van der Waals surface area contributed by atoms with Gasteiger partial charge in [-0.1, -0.05) is 30.1 Å². The normalized spacial score (nSPS) is 13.3. The number of hydrogen-bond donors (Lipinski definition) is 1. The van der Waals surface area contributed by atoms with Crippen molar-refractivity contribution in [3.8, 4) is 5.75 Å². The van der Waals surface area contributed by atoms with Crippen LogP contribution < -0.4 is 9.88 Å². The average molecular weight is 391 g/mol. The van der Waals surface area contributed by atoms with E-state index in [1.165, 1.54) is 0 Å². The van der Waals surface area contributed by atoms with Crippen molar-refractivity contribution in [3.05, 3.63) is 26.7 Å². The van der Waals surface area contributed by atoms with Gasteiger partial charge in [-0.25, -0.2) is 13.6 Å². The van der Waals surface area contributed by atoms with Crippen LogP contribution >= 0.6 is 39.1 Å². The number of halogens is 3. The van der Waals surface area contributed by atoms with Gasteiger partial charge in [-0.2, -0.15) is 0 Å². The van der Waals surface area contributed by atoms with Gasteiger partial charge in [0.25, 0.3) is 0 Å². The fourth-order valence-corrected chi connectivity index (χ4v) is 3.27. The molecule has 0 saturated carbocycles. The lowest BCUT2D eigenvalue weighted by molar-refractivity contribution is 0.257. The highest BCUT2D eigenvalue weighted by atomic mass is 79.9. The van der Waals surface area contributed by atoms with Crippen molar-refractivity contribution in [2.24, 2.45) is 11.1 Å². The number of ether oxygens (including phenoxy) is 1. The Morgan fingerprint density at radius 3 is 2.53 bits per heavy atom. The Hall–Kier alpha value is -0.0100. The van der Waals surface area contributed by atoms with E-state index in [9.17, 15) is 8.42 Å². The Bertz CT molecular complexity index is 551. The molecule has 0 aromatic heterocycles. The number of nitrogens with two attached hydrogens (primary N) is 1. The van der Waals surface area contributed by atoms with Crippen LogP contribution in [0.4, 0.5) is 0 Å². The highest BCUT2D eigenvalue weighted by Gasteiger charge is 2.16. The fourth-order valence-electron chi connectivity index (χ4n) is 1.43. The van der Waals surface area contributed by atoms with Gasteiger partial charge in [0, 0.05) is 16.5 Å². The first-order valence-corrected chi connectivity index (χ1v) is 8.77. The molecular formula is C11H14BrCl2NO3S. The minimum absolute atomic E-state index is 0.120. The Morgan fingerprint density at radius 2 is 2.00 bits per heavy atom. The third-order valence-corrected chi connectivity index (χ3v) is 4.92. The van der Waals surface area contributed by atoms with Crippen LogP contribution in [-0.2, 0) is 10.0 Å². The summed E-state index contributed by atoms with van der Waals surface area (Å²) in [7, 11) is -3.51. The van der Waals surface area contributed by atoms with E-state index in [1.807, 2.05) is 6.92 Å². The summed E-state index contributed by atoms with van der Waals surface area (Å²) in [6.07, 6.45) is 0.637. The summed E-state index contributed by atoms with van der Waals surface area (Å²) >= 11 is 15.2. The van der Waals surface area contributed by atoms with E-state index in [-0.39, 0.29) is 18.3 Å². The summed E-state index contributed by atoms with van der Waals surface area (Å²) in [4.78, 5) is 0. The number of rotatable bonds is 6. The molecule has 0 aliphatic rings. The molecule has 1 rings (SSSR count). The Balaban J connectivity index is 2.73. The SMILES string of the molecule is CCC(COc1cc(Cl)c(Br)cc1Cl)CS(N)(=O)=O. The van der Waals surface area contributed by atoms with Crippen LogP contribution in [0, 0.1) is 5.92 Å². The molecule has 1 aromatic rings. The Labute approximate surface area is 131 Å². The Kier molecular flexibility index (Phi) is 6.39. The molecule has 2 N–H and O–H groups in total. The molecule has 0 aliphatic carbocycles. The van der Waals surface area contributed by atoms with E-state index in [1.54, 1.807) is 12.1 Å². The molecule has 0 heterocycles. The van der Waals surface area contributed by atoms with Crippen LogP contribution in [0.5, 0.6) is 5.75 Å². The van der Waals surface area contributed by atoms with Gasteiger partial charge in [0.1, 0.15) is 5.75 Å². The Morgan fingerprint density at radius 1 is 1.37 bits per heavy atom. The zero-order valence-electron chi connectivity index (χ0n) is 10.2. The summed E-state index contributed by atoms with van der Waals surface area (Å²) in [6.45, 7) is 2.08. The third kappa shape index (κ3) is 5.87. The van der Waals surface area contributed by atoms with Gasteiger partial charge in [-0.05, 0) is 28.4 Å². The van der Waals surface area contributed by atoms with E-state index in [0.29, 0.717) is 26.7 Å². The first-order chi connectivity index (χ1) is 8.73. The molecule has 8 heteroatoms. The van der Waals surface area contributed by atoms with Crippen molar-refractivity contribution in [1.82, 2.24) is 0 Å². The number of primary sulfonamides is 1. The lowest BCUT2D eigenvalue weighted by atomic mass is 10.1. The maximum Gasteiger partial charge on any atom is 0.209 e. The molecule has 4 nitrogen and oxygen atoms in total. The van der Waals surface area contributed by atoms with Crippen molar-refractivity contribution < 1.29 is 13.2 Å². The lowest BCUT2D eigenvalue weighted by Gasteiger charge is -2.16. The van der Waals surface area contributed by atoms with E-state index < -0.39 is 10.0 Å². The number of sulfonamides is 1. The van der Waals surface area contributed by atoms with Crippen molar-refractivity contribution in [2.75, 3.05) is 12.4 Å². The van der Waals surface area contributed by atoms with E-state index in [0.717, 1.165) is 0 Å². The zero-order chi connectivity index (χ0) is 14.6. The molecule has 108 valence electrons. The second-order valence-corrected chi connectivity index (χ2v) is 7.44. The monoisotopic (exact) mass is 389 g/mol. The van der Waals surface area contributed by atoms with Gasteiger partial charge < -0.3 is 4.74 Å². The summed E-state index contributed by atoms with van der Waals surface area (Å²) in [6, 6.07) is 3.21. The van der Waals surface area contributed by atoms with Gasteiger partial charge in [0.15, 0.2) is 0 Å². The van der Waals surface area contributed by atoms with Crippen LogP contribution in [-0.4, -0.2) is 20.8 Å². The van der Waals surface area contributed by atoms with Crippen LogP contribution in [0.3, 0.4) is 0 Å². The van der Waals surface area contributed by atoms with E-state index >= 15 is 0 Å². The zero-order valence-corrected chi connectivity index (χ0v) is 14.1. The fraction of sp³-hybridized carbons (Fsp3) is 0.455. The van der Waals surface area contributed by atoms with Gasteiger partial charge in [-0.15, -0.1) is 0 Å². The summed E-state index contributed by atoms with van der Waals surface area (Å²) < 4.78 is 28.3. The molecule has 0 aliphatic heterocycles. The summed E-state index contributed by atoms with van der Waals surface area (Å²) in [5, 5.41) is 5.89. The standard InChI is InChI=1S/C11H14BrCl2NO3S/c1-2-7(6-19(15,16)17)5-18-11-4-9(13)8(12)3-10(11)14/h3-4,7H,2,5-6H2,1H3,(H2,15,16,17). The van der Waals surface area contributed by atoms with Gasteiger partial charge in [-0.3, -0.25) is 0 Å². The highest BCUT2D eigenvalue weighted by Crippen LogP contribution is 2.34. The van der Waals surface area contributed by atoms with Gasteiger partial charge in [0.2, 0.25) is 10.0 Å². The highest BCUT2D eigenvalue weighted by molar-refractivity contribution is 9.10. The molecule has 0 saturated heterocycles. The number of hydrogen-bond acceptors (Lipinski definition) is 3. The maximum atomic E-state index is 11.0. The largest absolute Gasteiger partial charge is 0.492 e. The van der Waals surface area contributed by atoms with Crippen molar-refractivity contribution in [1.29, 1.82) is 0 Å². The maximum absolute atomic E-state index is 11.0. The first kappa shape index (κ1) is 17.0. The molecule has 0 spiro atoms. The molecule has 1 atom stereocenters. The van der Waals surface area contributed by atoms with Crippen LogP contribution in [0.25, 0.3) is 0 Å². The third-order valence-electron chi connectivity index (χ3n) is 2.49. The van der Waals surface area contributed by atoms with Gasteiger partial charge in [0.05, 0.1) is 22.4 Å². The second kappa shape index (κ2) is 7.13. The smallest absolute Gasteiger partial charge is 0.209 e. The van der Waals surface area contributed by atoms with E-state index in [4.69, 9.17) is 33.1 Å². The lowest BCUT2D eigenvalue weighted by Crippen LogP contribution is -2.26. The van der Waals surface area contributed by atoms with Crippen molar-refractivity contribution in [3.63, 3.8) is 0 Å². The van der Waals surface area contributed by atoms with E-state index in [2.05, 4.69) is 15.9 Å². The molecule has 19 heavy (non-hydrogen) atoms. The predicted octanol–water partition coefficient (Wildman–Crippen LogP) is 3.45. The van der Waals surface area contributed by atoms with Gasteiger partial charge >= 0.3 is 0 Å². The first-order valence-electron chi connectivity index (χ1n) is 5.50. The minimum atomic E-state index is -3.51. The molecule has 0 bridgehead atoms. The van der Waals surface area contributed by atoms with Crippen molar-refractivity contribution >= 4 is 49.2 Å². The molecule has 1 unspecified atom stereocenters.